The number of carbonyl (C=O) groups is 1. The normalized spacial score (nSPS) is 15.9. The molecule has 1 atom stereocenters. The molecule has 134 valence electrons. The molecule has 0 saturated carbocycles. The van der Waals surface area contributed by atoms with Crippen LogP contribution in [0.25, 0.3) is 0 Å². The molecule has 1 saturated heterocycles. The van der Waals surface area contributed by atoms with Crippen LogP contribution in [0.4, 0.5) is 5.82 Å². The van der Waals surface area contributed by atoms with Crippen LogP contribution >= 0.6 is 22.9 Å². The number of hydrogen-bond donors (Lipinski definition) is 1. The van der Waals surface area contributed by atoms with E-state index in [1.54, 1.807) is 28.5 Å². The summed E-state index contributed by atoms with van der Waals surface area (Å²) >= 11 is 8.01. The van der Waals surface area contributed by atoms with Gasteiger partial charge in [-0.05, 0) is 19.4 Å². The Bertz CT molecular complexity index is 746. The van der Waals surface area contributed by atoms with Gasteiger partial charge in [0.25, 0.3) is 5.91 Å². The van der Waals surface area contributed by atoms with E-state index in [1.165, 1.54) is 4.88 Å². The number of anilines is 1. The van der Waals surface area contributed by atoms with Crippen molar-refractivity contribution in [1.29, 1.82) is 0 Å². The van der Waals surface area contributed by atoms with Crippen molar-refractivity contribution >= 4 is 34.7 Å². The van der Waals surface area contributed by atoms with Gasteiger partial charge in [-0.1, -0.05) is 18.5 Å². The number of hydrogen-bond acceptors (Lipinski definition) is 6. The van der Waals surface area contributed by atoms with Crippen LogP contribution in [0.1, 0.15) is 40.1 Å². The van der Waals surface area contributed by atoms with Crippen LogP contribution in [-0.2, 0) is 11.2 Å². The third-order valence-corrected chi connectivity index (χ3v) is 5.64. The van der Waals surface area contributed by atoms with Crippen molar-refractivity contribution in [3.63, 3.8) is 0 Å². The highest BCUT2D eigenvalue weighted by Gasteiger charge is 2.20. The molecule has 3 rings (SSSR count). The lowest BCUT2D eigenvalue weighted by molar-refractivity contribution is 0.0302. The number of aromatic nitrogens is 2. The van der Waals surface area contributed by atoms with Gasteiger partial charge in [-0.2, -0.15) is 0 Å². The molecule has 0 aromatic carbocycles. The quantitative estimate of drug-likeness (QED) is 0.861. The number of nitrogens with one attached hydrogen (secondary N) is 1. The van der Waals surface area contributed by atoms with Crippen LogP contribution in [0.5, 0.6) is 0 Å². The largest absolute Gasteiger partial charge is 0.378 e. The molecular weight excluding hydrogens is 360 g/mol. The molecule has 1 fully saturated rings. The minimum atomic E-state index is -0.0650. The van der Waals surface area contributed by atoms with Gasteiger partial charge in [0.1, 0.15) is 10.8 Å². The summed E-state index contributed by atoms with van der Waals surface area (Å²) in [6.45, 7) is 6.45. The summed E-state index contributed by atoms with van der Waals surface area (Å²) in [7, 11) is 0. The van der Waals surface area contributed by atoms with E-state index in [0.29, 0.717) is 42.7 Å². The molecule has 3 heterocycles. The lowest BCUT2D eigenvalue weighted by Gasteiger charge is -2.26. The number of thiazole rings is 1. The Morgan fingerprint density at radius 2 is 2.16 bits per heavy atom. The van der Waals surface area contributed by atoms with Crippen molar-refractivity contribution in [3.05, 3.63) is 38.9 Å². The number of halogens is 1. The molecule has 2 aromatic rings. The molecular formula is C17H21ClN4O2S. The first kappa shape index (κ1) is 18.1. The second-order valence-electron chi connectivity index (χ2n) is 5.84. The number of rotatable bonds is 5. The summed E-state index contributed by atoms with van der Waals surface area (Å²) in [4.78, 5) is 24.3. The SMILES string of the molecule is CCc1cnc(C(C)Nc2ncc(C(=O)N3CCOCC3)cc2Cl)s1. The fourth-order valence-corrected chi connectivity index (χ4v) is 3.64. The van der Waals surface area contributed by atoms with E-state index in [0.717, 1.165) is 11.4 Å². The molecule has 1 aliphatic rings. The molecule has 6 nitrogen and oxygen atoms in total. The maximum atomic E-state index is 12.5. The second-order valence-corrected chi connectivity index (χ2v) is 7.40. The number of aryl methyl sites for hydroxylation is 1. The zero-order valence-electron chi connectivity index (χ0n) is 14.3. The number of morpholine rings is 1. The molecule has 1 aliphatic heterocycles. The molecule has 25 heavy (non-hydrogen) atoms. The average molecular weight is 381 g/mol. The first-order valence-electron chi connectivity index (χ1n) is 8.32. The maximum Gasteiger partial charge on any atom is 0.255 e. The minimum Gasteiger partial charge on any atom is -0.378 e. The van der Waals surface area contributed by atoms with Gasteiger partial charge in [-0.25, -0.2) is 9.97 Å². The fraction of sp³-hybridized carbons (Fsp3) is 0.471. The van der Waals surface area contributed by atoms with E-state index in [2.05, 4.69) is 22.2 Å². The number of amides is 1. The number of ether oxygens (including phenoxy) is 1. The lowest BCUT2D eigenvalue weighted by atomic mass is 10.2. The van der Waals surface area contributed by atoms with Gasteiger partial charge in [-0.15, -0.1) is 11.3 Å². The van der Waals surface area contributed by atoms with Gasteiger partial charge < -0.3 is 15.0 Å². The molecule has 2 aromatic heterocycles. The fourth-order valence-electron chi connectivity index (χ4n) is 2.56. The number of pyridine rings is 1. The second kappa shape index (κ2) is 8.12. The van der Waals surface area contributed by atoms with Crippen molar-refractivity contribution in [1.82, 2.24) is 14.9 Å². The monoisotopic (exact) mass is 380 g/mol. The van der Waals surface area contributed by atoms with Gasteiger partial charge in [0.15, 0.2) is 0 Å². The zero-order valence-corrected chi connectivity index (χ0v) is 15.9. The first-order valence-corrected chi connectivity index (χ1v) is 9.51. The molecule has 8 heteroatoms. The smallest absolute Gasteiger partial charge is 0.255 e. The van der Waals surface area contributed by atoms with Crippen molar-refractivity contribution in [2.75, 3.05) is 31.6 Å². The van der Waals surface area contributed by atoms with Gasteiger partial charge in [-0.3, -0.25) is 4.79 Å². The van der Waals surface area contributed by atoms with Crippen LogP contribution in [0.3, 0.4) is 0 Å². The van der Waals surface area contributed by atoms with Crippen LogP contribution in [0.15, 0.2) is 18.5 Å². The molecule has 1 amide bonds. The van der Waals surface area contributed by atoms with Gasteiger partial charge in [0, 0.05) is 30.4 Å². The van der Waals surface area contributed by atoms with E-state index >= 15 is 0 Å². The van der Waals surface area contributed by atoms with E-state index < -0.39 is 0 Å². The van der Waals surface area contributed by atoms with Crippen molar-refractivity contribution in [3.8, 4) is 0 Å². The first-order chi connectivity index (χ1) is 12.1. The van der Waals surface area contributed by atoms with E-state index in [4.69, 9.17) is 16.3 Å². The van der Waals surface area contributed by atoms with Gasteiger partial charge >= 0.3 is 0 Å². The Labute approximate surface area is 156 Å². The summed E-state index contributed by atoms with van der Waals surface area (Å²) < 4.78 is 5.27. The Kier molecular flexibility index (Phi) is 5.88. The summed E-state index contributed by atoms with van der Waals surface area (Å²) in [6.07, 6.45) is 4.44. The summed E-state index contributed by atoms with van der Waals surface area (Å²) in [5, 5.41) is 4.69. The summed E-state index contributed by atoms with van der Waals surface area (Å²) in [5.74, 6) is 0.491. The molecule has 0 spiro atoms. The van der Waals surface area contributed by atoms with E-state index in [9.17, 15) is 4.79 Å². The average Bonchev–Trinajstić information content (AvgIpc) is 3.13. The van der Waals surface area contributed by atoms with Crippen molar-refractivity contribution < 1.29 is 9.53 Å². The number of nitrogens with zero attached hydrogens (tertiary/aromatic N) is 3. The summed E-state index contributed by atoms with van der Waals surface area (Å²) in [6, 6.07) is 1.66. The molecule has 0 radical (unpaired) electrons. The van der Waals surface area contributed by atoms with Crippen molar-refractivity contribution in [2.24, 2.45) is 0 Å². The topological polar surface area (TPSA) is 67.4 Å². The predicted molar refractivity (Wildman–Crippen MR) is 99.5 cm³/mol. The molecule has 0 bridgehead atoms. The standard InChI is InChI=1S/C17H21ClN4O2S/c1-3-13-10-20-16(25-13)11(2)21-15-14(18)8-12(9-19-15)17(23)22-4-6-24-7-5-22/h8-11H,3-7H2,1-2H3,(H,19,21). The van der Waals surface area contributed by atoms with Crippen LogP contribution in [-0.4, -0.2) is 47.1 Å². The van der Waals surface area contributed by atoms with E-state index in [1.807, 2.05) is 13.1 Å². The third kappa shape index (κ3) is 4.29. The van der Waals surface area contributed by atoms with E-state index in [-0.39, 0.29) is 11.9 Å². The van der Waals surface area contributed by atoms with Crippen LogP contribution < -0.4 is 5.32 Å². The minimum absolute atomic E-state index is 0.00362. The highest BCUT2D eigenvalue weighted by atomic mass is 35.5. The van der Waals surface area contributed by atoms with Crippen molar-refractivity contribution in [2.45, 2.75) is 26.3 Å². The van der Waals surface area contributed by atoms with Gasteiger partial charge in [0.2, 0.25) is 0 Å². The Hall–Kier alpha value is -1.70. The van der Waals surface area contributed by atoms with Crippen LogP contribution in [0.2, 0.25) is 5.02 Å². The highest BCUT2D eigenvalue weighted by molar-refractivity contribution is 7.11. The highest BCUT2D eigenvalue weighted by Crippen LogP contribution is 2.27. The van der Waals surface area contributed by atoms with Gasteiger partial charge in [0.05, 0.1) is 29.8 Å². The third-order valence-electron chi connectivity index (χ3n) is 4.03. The Morgan fingerprint density at radius 3 is 2.80 bits per heavy atom. The molecule has 1 N–H and O–H groups in total. The summed E-state index contributed by atoms with van der Waals surface area (Å²) in [5.41, 5.74) is 0.493. The predicted octanol–water partition coefficient (Wildman–Crippen LogP) is 3.40. The lowest BCUT2D eigenvalue weighted by Crippen LogP contribution is -2.40. The Morgan fingerprint density at radius 1 is 1.40 bits per heavy atom. The number of carbonyl (C=O) groups excluding carboxylic acids is 1. The zero-order chi connectivity index (χ0) is 17.8. The van der Waals surface area contributed by atoms with Crippen LogP contribution in [0, 0.1) is 0 Å². The maximum absolute atomic E-state index is 12.5. The molecule has 0 aliphatic carbocycles. The molecule has 1 unspecified atom stereocenters. The Balaban J connectivity index is 1.69.